The van der Waals surface area contributed by atoms with Crippen molar-refractivity contribution in [3.8, 4) is 5.75 Å². The Kier molecular flexibility index (Phi) is 4.26. The monoisotopic (exact) mass is 333 g/mol. The number of likely N-dealkylation sites (tertiary alicyclic amines) is 1. The van der Waals surface area contributed by atoms with Crippen molar-refractivity contribution in [1.82, 2.24) is 4.90 Å². The minimum absolute atomic E-state index is 0.172. The molecular formula is C17H19NO4S. The van der Waals surface area contributed by atoms with Crippen LogP contribution in [-0.2, 0) is 4.79 Å². The summed E-state index contributed by atoms with van der Waals surface area (Å²) in [6, 6.07) is 5.01. The van der Waals surface area contributed by atoms with Gasteiger partial charge in [0.15, 0.2) is 0 Å². The summed E-state index contributed by atoms with van der Waals surface area (Å²) in [6.45, 7) is 2.41. The molecule has 0 bridgehead atoms. The number of nitrogens with zero attached hydrogens (tertiary/aromatic N) is 1. The lowest BCUT2D eigenvalue weighted by Crippen LogP contribution is -2.47. The van der Waals surface area contributed by atoms with Crippen LogP contribution in [0.3, 0.4) is 0 Å². The van der Waals surface area contributed by atoms with E-state index < -0.39 is 12.0 Å². The highest BCUT2D eigenvalue weighted by atomic mass is 32.1. The van der Waals surface area contributed by atoms with Gasteiger partial charge in [-0.1, -0.05) is 0 Å². The van der Waals surface area contributed by atoms with Gasteiger partial charge in [-0.05, 0) is 55.3 Å². The van der Waals surface area contributed by atoms with Crippen LogP contribution in [0.15, 0.2) is 18.2 Å². The number of thiophene rings is 1. The van der Waals surface area contributed by atoms with Crippen molar-refractivity contribution in [2.24, 2.45) is 0 Å². The molecule has 1 aromatic carbocycles. The highest BCUT2D eigenvalue weighted by Gasteiger charge is 2.33. The summed E-state index contributed by atoms with van der Waals surface area (Å²) >= 11 is 1.42. The van der Waals surface area contributed by atoms with Crippen LogP contribution in [0.4, 0.5) is 0 Å². The first-order valence-corrected chi connectivity index (χ1v) is 8.45. The predicted molar refractivity (Wildman–Crippen MR) is 89.4 cm³/mol. The first-order chi connectivity index (χ1) is 11.0. The Morgan fingerprint density at radius 2 is 2.13 bits per heavy atom. The Hall–Kier alpha value is -2.08. The Morgan fingerprint density at radius 1 is 1.35 bits per heavy atom. The second-order valence-corrected chi connectivity index (χ2v) is 6.82. The number of fused-ring (bicyclic) bond motifs is 1. The first kappa shape index (κ1) is 15.8. The van der Waals surface area contributed by atoms with Crippen LogP contribution in [0.2, 0.25) is 0 Å². The Morgan fingerprint density at radius 3 is 2.83 bits per heavy atom. The largest absolute Gasteiger partial charge is 0.497 e. The molecule has 1 N–H and O–H groups in total. The smallest absolute Gasteiger partial charge is 0.326 e. The summed E-state index contributed by atoms with van der Waals surface area (Å²) in [5.74, 6) is -0.341. The van der Waals surface area contributed by atoms with Gasteiger partial charge in [0, 0.05) is 11.2 Å². The first-order valence-electron chi connectivity index (χ1n) is 7.64. The molecule has 1 aromatic heterocycles. The van der Waals surface area contributed by atoms with Gasteiger partial charge in [0.25, 0.3) is 5.91 Å². The molecule has 0 saturated carbocycles. The van der Waals surface area contributed by atoms with E-state index in [1.807, 2.05) is 25.1 Å². The van der Waals surface area contributed by atoms with E-state index in [0.29, 0.717) is 17.8 Å². The van der Waals surface area contributed by atoms with Gasteiger partial charge in [0.05, 0.1) is 12.0 Å². The van der Waals surface area contributed by atoms with E-state index in [1.54, 1.807) is 7.11 Å². The average molecular weight is 333 g/mol. The van der Waals surface area contributed by atoms with Gasteiger partial charge >= 0.3 is 5.97 Å². The number of amides is 1. The third-order valence-corrected chi connectivity index (χ3v) is 5.65. The van der Waals surface area contributed by atoms with E-state index in [0.717, 1.165) is 34.2 Å². The number of carboxylic acids is 1. The van der Waals surface area contributed by atoms with Crippen LogP contribution in [0.5, 0.6) is 5.75 Å². The summed E-state index contributed by atoms with van der Waals surface area (Å²) in [6.07, 6.45) is 2.23. The van der Waals surface area contributed by atoms with Gasteiger partial charge in [0.1, 0.15) is 11.8 Å². The number of aryl methyl sites for hydroxylation is 1. The molecule has 1 amide bonds. The highest BCUT2D eigenvalue weighted by molar-refractivity contribution is 7.21. The zero-order valence-electron chi connectivity index (χ0n) is 13.2. The number of ether oxygens (including phenoxy) is 1. The molecule has 23 heavy (non-hydrogen) atoms. The Labute approximate surface area is 138 Å². The molecule has 2 heterocycles. The molecule has 3 rings (SSSR count). The highest BCUT2D eigenvalue weighted by Crippen LogP contribution is 2.35. The van der Waals surface area contributed by atoms with Gasteiger partial charge in [-0.2, -0.15) is 0 Å². The molecule has 1 aliphatic rings. The molecule has 1 unspecified atom stereocenters. The standard InChI is InChI=1S/C17H19NO4S/c1-10-12-9-11(22-2)6-7-14(12)23-15(10)16(19)18-8-4-3-5-13(18)17(20)21/h6-7,9,13H,3-5,8H2,1-2H3,(H,20,21). The number of hydrogen-bond donors (Lipinski definition) is 1. The van der Waals surface area contributed by atoms with Gasteiger partial charge in [-0.3, -0.25) is 4.79 Å². The summed E-state index contributed by atoms with van der Waals surface area (Å²) in [4.78, 5) is 26.5. The summed E-state index contributed by atoms with van der Waals surface area (Å²) in [7, 11) is 1.61. The van der Waals surface area contributed by atoms with Crippen LogP contribution in [0.1, 0.15) is 34.5 Å². The van der Waals surface area contributed by atoms with Crippen molar-refractivity contribution < 1.29 is 19.4 Å². The van der Waals surface area contributed by atoms with Crippen molar-refractivity contribution in [2.45, 2.75) is 32.2 Å². The number of benzene rings is 1. The minimum atomic E-state index is -0.918. The molecule has 122 valence electrons. The van der Waals surface area contributed by atoms with Crippen molar-refractivity contribution in [2.75, 3.05) is 13.7 Å². The fourth-order valence-corrected chi connectivity index (χ4v) is 4.24. The maximum Gasteiger partial charge on any atom is 0.326 e. The number of carbonyl (C=O) groups is 2. The third-order valence-electron chi connectivity index (χ3n) is 4.39. The van der Waals surface area contributed by atoms with Gasteiger partial charge in [-0.15, -0.1) is 11.3 Å². The number of carbonyl (C=O) groups excluding carboxylic acids is 1. The maximum absolute atomic E-state index is 12.9. The number of piperidine rings is 1. The molecule has 5 nitrogen and oxygen atoms in total. The minimum Gasteiger partial charge on any atom is -0.497 e. The number of carboxylic acid groups (broad SMARTS) is 1. The fourth-order valence-electron chi connectivity index (χ4n) is 3.09. The van der Waals surface area contributed by atoms with Crippen molar-refractivity contribution in [1.29, 1.82) is 0 Å². The predicted octanol–water partition coefficient (Wildman–Crippen LogP) is 3.30. The van der Waals surface area contributed by atoms with Gasteiger partial charge < -0.3 is 14.7 Å². The van der Waals surface area contributed by atoms with Crippen LogP contribution in [-0.4, -0.2) is 41.6 Å². The van der Waals surface area contributed by atoms with E-state index in [9.17, 15) is 14.7 Å². The average Bonchev–Trinajstić information content (AvgIpc) is 2.90. The lowest BCUT2D eigenvalue weighted by Gasteiger charge is -2.32. The van der Waals surface area contributed by atoms with Crippen molar-refractivity contribution in [3.63, 3.8) is 0 Å². The van der Waals surface area contributed by atoms with E-state index in [1.165, 1.54) is 16.2 Å². The van der Waals surface area contributed by atoms with E-state index in [4.69, 9.17) is 4.74 Å². The van der Waals surface area contributed by atoms with Crippen LogP contribution in [0.25, 0.3) is 10.1 Å². The molecule has 6 heteroatoms. The maximum atomic E-state index is 12.9. The van der Waals surface area contributed by atoms with Crippen LogP contribution in [0, 0.1) is 6.92 Å². The van der Waals surface area contributed by atoms with Crippen LogP contribution < -0.4 is 4.74 Å². The Bertz CT molecular complexity index is 767. The molecule has 0 aliphatic carbocycles. The lowest BCUT2D eigenvalue weighted by atomic mass is 10.0. The fraction of sp³-hybridized carbons (Fsp3) is 0.412. The van der Waals surface area contributed by atoms with E-state index in [-0.39, 0.29) is 5.91 Å². The molecular weight excluding hydrogens is 314 g/mol. The molecule has 1 atom stereocenters. The second kappa shape index (κ2) is 6.20. The zero-order chi connectivity index (χ0) is 16.6. The van der Waals surface area contributed by atoms with E-state index >= 15 is 0 Å². The van der Waals surface area contributed by atoms with Gasteiger partial charge in [0.2, 0.25) is 0 Å². The molecule has 1 saturated heterocycles. The molecule has 1 aliphatic heterocycles. The van der Waals surface area contributed by atoms with Crippen LogP contribution >= 0.6 is 11.3 Å². The van der Waals surface area contributed by atoms with E-state index in [2.05, 4.69) is 0 Å². The third kappa shape index (κ3) is 2.79. The number of methoxy groups -OCH3 is 1. The zero-order valence-corrected chi connectivity index (χ0v) is 14.0. The second-order valence-electron chi connectivity index (χ2n) is 5.77. The lowest BCUT2D eigenvalue weighted by molar-refractivity contribution is -0.143. The molecule has 0 radical (unpaired) electrons. The number of hydrogen-bond acceptors (Lipinski definition) is 4. The number of rotatable bonds is 3. The SMILES string of the molecule is COc1ccc2sc(C(=O)N3CCCCC3C(=O)O)c(C)c2c1. The summed E-state index contributed by atoms with van der Waals surface area (Å²) in [5, 5.41) is 10.4. The van der Waals surface area contributed by atoms with Gasteiger partial charge in [-0.25, -0.2) is 4.79 Å². The molecule has 0 spiro atoms. The topological polar surface area (TPSA) is 66.8 Å². The van der Waals surface area contributed by atoms with Crippen molar-refractivity contribution in [3.05, 3.63) is 28.6 Å². The Balaban J connectivity index is 2.00. The molecule has 1 fully saturated rings. The molecule has 2 aromatic rings. The summed E-state index contributed by atoms with van der Waals surface area (Å²) in [5.41, 5.74) is 0.892. The number of aliphatic carboxylic acids is 1. The normalized spacial score (nSPS) is 18.2. The quantitative estimate of drug-likeness (QED) is 0.936. The van der Waals surface area contributed by atoms with Crippen molar-refractivity contribution >= 4 is 33.3 Å². The summed E-state index contributed by atoms with van der Waals surface area (Å²) < 4.78 is 6.25.